The summed E-state index contributed by atoms with van der Waals surface area (Å²) >= 11 is 7.19. The van der Waals surface area contributed by atoms with Gasteiger partial charge >= 0.3 is 0 Å². The summed E-state index contributed by atoms with van der Waals surface area (Å²) in [5.41, 5.74) is 0.674. The molecule has 0 nitrogen and oxygen atoms in total. The quantitative estimate of drug-likeness (QED) is 0.534. The molecule has 0 aliphatic carbocycles. The SMILES string of the molecule is CCC(CC)CC(CBr)(CBr)c1ccccc1F. The van der Waals surface area contributed by atoms with E-state index in [0.29, 0.717) is 5.92 Å². The highest BCUT2D eigenvalue weighted by Crippen LogP contribution is 2.38. The highest BCUT2D eigenvalue weighted by atomic mass is 79.9. The van der Waals surface area contributed by atoms with E-state index in [1.807, 2.05) is 12.1 Å². The van der Waals surface area contributed by atoms with Crippen molar-refractivity contribution in [2.75, 3.05) is 10.7 Å². The molecule has 0 saturated carbocycles. The summed E-state index contributed by atoms with van der Waals surface area (Å²) in [5.74, 6) is 0.544. The van der Waals surface area contributed by atoms with Gasteiger partial charge in [0.25, 0.3) is 0 Å². The third-order valence-electron chi connectivity index (χ3n) is 3.79. The minimum absolute atomic E-state index is 0.0950. The third-order valence-corrected chi connectivity index (χ3v) is 5.94. The number of hydrogen-bond donors (Lipinski definition) is 0. The Hall–Kier alpha value is 0.110. The Morgan fingerprint density at radius 3 is 2.11 bits per heavy atom. The summed E-state index contributed by atoms with van der Waals surface area (Å²) in [7, 11) is 0. The maximum Gasteiger partial charge on any atom is 0.127 e. The van der Waals surface area contributed by atoms with Crippen molar-refractivity contribution in [1.29, 1.82) is 0 Å². The molecule has 0 heterocycles. The van der Waals surface area contributed by atoms with Crippen molar-refractivity contribution >= 4 is 31.9 Å². The third kappa shape index (κ3) is 3.57. The van der Waals surface area contributed by atoms with Crippen molar-refractivity contribution in [3.8, 4) is 0 Å². The van der Waals surface area contributed by atoms with E-state index < -0.39 is 0 Å². The molecule has 0 aliphatic rings. The highest BCUT2D eigenvalue weighted by Gasteiger charge is 2.34. The maximum atomic E-state index is 14.1. The minimum Gasteiger partial charge on any atom is -0.207 e. The number of hydrogen-bond acceptors (Lipinski definition) is 0. The summed E-state index contributed by atoms with van der Waals surface area (Å²) in [6, 6.07) is 7.15. The zero-order chi connectivity index (χ0) is 13.6. The largest absolute Gasteiger partial charge is 0.207 e. The van der Waals surface area contributed by atoms with Crippen molar-refractivity contribution in [2.24, 2.45) is 5.92 Å². The van der Waals surface area contributed by atoms with E-state index in [-0.39, 0.29) is 11.2 Å². The van der Waals surface area contributed by atoms with E-state index in [2.05, 4.69) is 45.7 Å². The Kier molecular flexibility index (Phi) is 6.86. The van der Waals surface area contributed by atoms with Crippen LogP contribution in [0, 0.1) is 11.7 Å². The van der Waals surface area contributed by atoms with Crippen molar-refractivity contribution < 1.29 is 4.39 Å². The van der Waals surface area contributed by atoms with Crippen LogP contribution in [0.5, 0.6) is 0 Å². The predicted molar refractivity (Wildman–Crippen MR) is 84.4 cm³/mol. The monoisotopic (exact) mass is 378 g/mol. The fourth-order valence-corrected chi connectivity index (χ4v) is 4.41. The first-order chi connectivity index (χ1) is 8.63. The fraction of sp³-hybridized carbons (Fsp3) is 0.600. The van der Waals surface area contributed by atoms with Crippen molar-refractivity contribution in [2.45, 2.75) is 38.5 Å². The summed E-state index contributed by atoms with van der Waals surface area (Å²) in [5, 5.41) is 1.56. The van der Waals surface area contributed by atoms with E-state index in [9.17, 15) is 4.39 Å². The Bertz CT molecular complexity index is 357. The van der Waals surface area contributed by atoms with Gasteiger partial charge in [-0.1, -0.05) is 76.7 Å². The molecule has 0 saturated heterocycles. The molecule has 0 radical (unpaired) electrons. The minimum atomic E-state index is -0.151. The van der Waals surface area contributed by atoms with E-state index in [1.165, 1.54) is 0 Å². The van der Waals surface area contributed by atoms with Gasteiger partial charge in [0.15, 0.2) is 0 Å². The fourth-order valence-electron chi connectivity index (χ4n) is 2.42. The molecule has 102 valence electrons. The smallest absolute Gasteiger partial charge is 0.127 e. The molecule has 3 heteroatoms. The molecule has 1 aromatic rings. The van der Waals surface area contributed by atoms with Crippen LogP contribution in [0.25, 0.3) is 0 Å². The van der Waals surface area contributed by atoms with Crippen LogP contribution in [-0.2, 0) is 5.41 Å². The standard InChI is InChI=1S/C15H21Br2F/c1-3-12(4-2)9-15(10-16,11-17)13-7-5-6-8-14(13)18/h5-8,12H,3-4,9-11H2,1-2H3. The first kappa shape index (κ1) is 16.2. The van der Waals surface area contributed by atoms with Crippen LogP contribution in [0.3, 0.4) is 0 Å². The second-order valence-corrected chi connectivity index (χ2v) is 6.04. The molecule has 18 heavy (non-hydrogen) atoms. The van der Waals surface area contributed by atoms with E-state index in [4.69, 9.17) is 0 Å². The van der Waals surface area contributed by atoms with Gasteiger partial charge in [-0.3, -0.25) is 0 Å². The number of benzene rings is 1. The Balaban J connectivity index is 3.10. The summed E-state index contributed by atoms with van der Waals surface area (Å²) in [4.78, 5) is 0. The first-order valence-electron chi connectivity index (χ1n) is 6.50. The van der Waals surface area contributed by atoms with E-state index in [1.54, 1.807) is 12.1 Å². The molecule has 1 rings (SSSR count). The molecular weight excluding hydrogens is 359 g/mol. The average molecular weight is 380 g/mol. The van der Waals surface area contributed by atoms with Crippen LogP contribution in [0.15, 0.2) is 24.3 Å². The number of alkyl halides is 2. The summed E-state index contributed by atoms with van der Waals surface area (Å²) < 4.78 is 14.1. The highest BCUT2D eigenvalue weighted by molar-refractivity contribution is 9.09. The predicted octanol–water partition coefficient (Wildman–Crippen LogP) is 5.68. The number of halogens is 3. The zero-order valence-corrected chi connectivity index (χ0v) is 14.2. The van der Waals surface area contributed by atoms with Gasteiger partial charge < -0.3 is 0 Å². The van der Waals surface area contributed by atoms with E-state index in [0.717, 1.165) is 35.5 Å². The molecule has 1 aromatic carbocycles. The summed E-state index contributed by atoms with van der Waals surface area (Å²) in [6.45, 7) is 4.42. The lowest BCUT2D eigenvalue weighted by molar-refractivity contribution is 0.346. The molecule has 0 amide bonds. The van der Waals surface area contributed by atoms with Gasteiger partial charge in [0, 0.05) is 16.1 Å². The average Bonchev–Trinajstić information content (AvgIpc) is 2.42. The van der Waals surface area contributed by atoms with Gasteiger partial charge in [-0.25, -0.2) is 4.39 Å². The molecule has 0 spiro atoms. The normalized spacial score (nSPS) is 12.1. The number of rotatable bonds is 7. The van der Waals surface area contributed by atoms with Gasteiger partial charge in [-0.2, -0.15) is 0 Å². The molecule has 0 N–H and O–H groups in total. The lowest BCUT2D eigenvalue weighted by Gasteiger charge is -2.34. The molecule has 0 aliphatic heterocycles. The maximum absolute atomic E-state index is 14.1. The Morgan fingerprint density at radius 1 is 1.11 bits per heavy atom. The molecule has 0 atom stereocenters. The summed E-state index contributed by atoms with van der Waals surface area (Å²) in [6.07, 6.45) is 3.30. The lowest BCUT2D eigenvalue weighted by Crippen LogP contribution is -2.34. The van der Waals surface area contributed by atoms with Crippen LogP contribution >= 0.6 is 31.9 Å². The van der Waals surface area contributed by atoms with Gasteiger partial charge in [0.2, 0.25) is 0 Å². The molecule has 0 bridgehead atoms. The van der Waals surface area contributed by atoms with Crippen molar-refractivity contribution in [3.63, 3.8) is 0 Å². The van der Waals surface area contributed by atoms with Crippen LogP contribution in [0.4, 0.5) is 4.39 Å². The van der Waals surface area contributed by atoms with E-state index >= 15 is 0 Å². The zero-order valence-electron chi connectivity index (χ0n) is 11.1. The van der Waals surface area contributed by atoms with Gasteiger partial charge in [0.05, 0.1) is 0 Å². The second-order valence-electron chi connectivity index (χ2n) is 4.91. The molecular formula is C15H21Br2F. The van der Waals surface area contributed by atoms with Crippen LogP contribution in [0.2, 0.25) is 0 Å². The van der Waals surface area contributed by atoms with Crippen LogP contribution in [0.1, 0.15) is 38.7 Å². The Morgan fingerprint density at radius 2 is 1.67 bits per heavy atom. The van der Waals surface area contributed by atoms with Crippen LogP contribution in [-0.4, -0.2) is 10.7 Å². The Labute approximate surface area is 127 Å². The lowest BCUT2D eigenvalue weighted by atomic mass is 9.75. The van der Waals surface area contributed by atoms with Crippen molar-refractivity contribution in [3.05, 3.63) is 35.6 Å². The first-order valence-corrected chi connectivity index (χ1v) is 8.74. The second kappa shape index (κ2) is 7.64. The van der Waals surface area contributed by atoms with Crippen molar-refractivity contribution in [1.82, 2.24) is 0 Å². The van der Waals surface area contributed by atoms with Gasteiger partial charge in [0.1, 0.15) is 5.82 Å². The van der Waals surface area contributed by atoms with Gasteiger partial charge in [-0.15, -0.1) is 0 Å². The molecule has 0 fully saturated rings. The molecule has 0 unspecified atom stereocenters. The van der Waals surface area contributed by atoms with Gasteiger partial charge in [-0.05, 0) is 24.0 Å². The van der Waals surface area contributed by atoms with Crippen LogP contribution < -0.4 is 0 Å². The molecule has 0 aromatic heterocycles. The topological polar surface area (TPSA) is 0 Å².